The number of benzene rings is 1. The van der Waals surface area contributed by atoms with Gasteiger partial charge in [-0.1, -0.05) is 34.8 Å². The predicted molar refractivity (Wildman–Crippen MR) is 59.5 cm³/mol. The van der Waals surface area contributed by atoms with Crippen molar-refractivity contribution in [3.8, 4) is 0 Å². The normalized spacial score (nSPS) is 10.2. The van der Waals surface area contributed by atoms with Crippen molar-refractivity contribution in [1.82, 2.24) is 0 Å². The first kappa shape index (κ1) is 13.0. The Morgan fingerprint density at radius 1 is 1.38 bits per heavy atom. The second kappa shape index (κ2) is 4.86. The lowest BCUT2D eigenvalue weighted by Gasteiger charge is -2.06. The second-order valence-corrected chi connectivity index (χ2v) is 4.00. The maximum absolute atomic E-state index is 10.7. The largest absolute Gasteiger partial charge is 0.481 e. The van der Waals surface area contributed by atoms with E-state index in [0.29, 0.717) is 0 Å². The lowest BCUT2D eigenvalue weighted by atomic mass is 10.1. The smallest absolute Gasteiger partial charge is 0.308 e. The summed E-state index contributed by atoms with van der Waals surface area (Å²) in [7, 11) is 0. The number of carboxylic acid groups (broad SMARTS) is 1. The summed E-state index contributed by atoms with van der Waals surface area (Å²) in [5.41, 5.74) is -0.727. The van der Waals surface area contributed by atoms with E-state index in [-0.39, 0.29) is 20.6 Å². The van der Waals surface area contributed by atoms with Crippen LogP contribution in [0.5, 0.6) is 0 Å². The number of hydrogen-bond acceptors (Lipinski definition) is 3. The van der Waals surface area contributed by atoms with Crippen LogP contribution in [0, 0.1) is 10.1 Å². The van der Waals surface area contributed by atoms with Crippen molar-refractivity contribution >= 4 is 46.5 Å². The van der Waals surface area contributed by atoms with E-state index in [1.54, 1.807) is 0 Å². The summed E-state index contributed by atoms with van der Waals surface area (Å²) < 4.78 is 0. The van der Waals surface area contributed by atoms with E-state index in [4.69, 9.17) is 39.9 Å². The van der Waals surface area contributed by atoms with Gasteiger partial charge in [0.15, 0.2) is 0 Å². The third-order valence-electron chi connectivity index (χ3n) is 1.75. The summed E-state index contributed by atoms with van der Waals surface area (Å²) in [6, 6.07) is 1.11. The zero-order valence-electron chi connectivity index (χ0n) is 7.54. The minimum atomic E-state index is -1.26. The van der Waals surface area contributed by atoms with Gasteiger partial charge in [0.1, 0.15) is 5.02 Å². The van der Waals surface area contributed by atoms with Crippen LogP contribution in [0.1, 0.15) is 5.56 Å². The van der Waals surface area contributed by atoms with E-state index in [9.17, 15) is 14.9 Å². The molecule has 0 aliphatic heterocycles. The summed E-state index contributed by atoms with van der Waals surface area (Å²) >= 11 is 17.0. The number of halogens is 3. The van der Waals surface area contributed by atoms with E-state index in [1.807, 2.05) is 0 Å². The Morgan fingerprint density at radius 3 is 2.38 bits per heavy atom. The van der Waals surface area contributed by atoms with Crippen LogP contribution >= 0.6 is 34.8 Å². The lowest BCUT2D eigenvalue weighted by Crippen LogP contribution is -2.05. The fourth-order valence-corrected chi connectivity index (χ4v) is 1.93. The van der Waals surface area contributed by atoms with Gasteiger partial charge in [-0.05, 0) is 6.07 Å². The Balaban J connectivity index is 3.51. The molecule has 0 aromatic heterocycles. The SMILES string of the molecule is O=C(O)Cc1c(Cl)c(Cl)cc(Cl)c1[N+](=O)[O-]. The number of carbonyl (C=O) groups is 1. The zero-order chi connectivity index (χ0) is 12.5. The molecule has 86 valence electrons. The van der Waals surface area contributed by atoms with Gasteiger partial charge in [-0.15, -0.1) is 0 Å². The van der Waals surface area contributed by atoms with Crippen molar-refractivity contribution in [3.05, 3.63) is 36.8 Å². The second-order valence-electron chi connectivity index (χ2n) is 2.81. The molecular formula is C8H4Cl3NO4. The number of carboxylic acids is 1. The molecule has 0 aliphatic carbocycles. The molecule has 1 aromatic rings. The van der Waals surface area contributed by atoms with Crippen molar-refractivity contribution in [3.63, 3.8) is 0 Å². The molecule has 0 heterocycles. The van der Waals surface area contributed by atoms with E-state index < -0.39 is 23.0 Å². The average molecular weight is 284 g/mol. The molecule has 5 nitrogen and oxygen atoms in total. The molecule has 0 unspecified atom stereocenters. The van der Waals surface area contributed by atoms with Crippen molar-refractivity contribution in [1.29, 1.82) is 0 Å². The summed E-state index contributed by atoms with van der Waals surface area (Å²) in [6.45, 7) is 0. The minimum Gasteiger partial charge on any atom is -0.481 e. The van der Waals surface area contributed by atoms with E-state index in [0.717, 1.165) is 6.07 Å². The molecule has 0 saturated carbocycles. The monoisotopic (exact) mass is 283 g/mol. The van der Waals surface area contributed by atoms with Gasteiger partial charge in [0.05, 0.1) is 27.0 Å². The lowest BCUT2D eigenvalue weighted by molar-refractivity contribution is -0.385. The number of aliphatic carboxylic acids is 1. The predicted octanol–water partition coefficient (Wildman–Crippen LogP) is 3.18. The van der Waals surface area contributed by atoms with Crippen molar-refractivity contribution in [2.24, 2.45) is 0 Å². The van der Waals surface area contributed by atoms with Crippen molar-refractivity contribution in [2.75, 3.05) is 0 Å². The molecule has 0 spiro atoms. The first-order valence-electron chi connectivity index (χ1n) is 3.87. The molecule has 0 bridgehead atoms. The Hall–Kier alpha value is -1.04. The third kappa shape index (κ3) is 2.55. The third-order valence-corrected chi connectivity index (χ3v) is 2.87. The molecule has 0 atom stereocenters. The number of hydrogen-bond donors (Lipinski definition) is 1. The van der Waals surface area contributed by atoms with E-state index >= 15 is 0 Å². The van der Waals surface area contributed by atoms with Crippen LogP contribution in [0.15, 0.2) is 6.07 Å². The number of nitro benzene ring substituents is 1. The minimum absolute atomic E-state index is 0.0199. The standard InChI is InChI=1S/C8H4Cl3NO4/c9-4-2-5(10)8(12(15)16)3(7(4)11)1-6(13)14/h2H,1H2,(H,13,14). The Kier molecular flexibility index (Phi) is 3.96. The maximum Gasteiger partial charge on any atom is 0.308 e. The van der Waals surface area contributed by atoms with Crippen LogP contribution in [0.2, 0.25) is 15.1 Å². The highest BCUT2D eigenvalue weighted by Gasteiger charge is 2.25. The number of nitrogens with zero attached hydrogens (tertiary/aromatic N) is 1. The highest BCUT2D eigenvalue weighted by Crippen LogP contribution is 2.39. The molecule has 0 aliphatic rings. The van der Waals surface area contributed by atoms with Crippen LogP contribution < -0.4 is 0 Å². The fourth-order valence-electron chi connectivity index (χ4n) is 1.15. The van der Waals surface area contributed by atoms with Gasteiger partial charge in [0.25, 0.3) is 5.69 Å². The van der Waals surface area contributed by atoms with E-state index in [2.05, 4.69) is 0 Å². The average Bonchev–Trinajstić information content (AvgIpc) is 2.12. The molecule has 0 saturated heterocycles. The first-order valence-corrected chi connectivity index (χ1v) is 5.00. The summed E-state index contributed by atoms with van der Waals surface area (Å²) in [4.78, 5) is 20.5. The summed E-state index contributed by atoms with van der Waals surface area (Å²) in [5, 5.41) is 18.9. The molecule has 16 heavy (non-hydrogen) atoms. The first-order chi connectivity index (χ1) is 7.34. The molecule has 0 fully saturated rings. The van der Waals surface area contributed by atoms with Gasteiger partial charge in [0, 0.05) is 0 Å². The zero-order valence-corrected chi connectivity index (χ0v) is 9.81. The molecule has 0 radical (unpaired) electrons. The van der Waals surface area contributed by atoms with Crippen LogP contribution in [-0.2, 0) is 11.2 Å². The molecule has 0 amide bonds. The van der Waals surface area contributed by atoms with Crippen LogP contribution in [-0.4, -0.2) is 16.0 Å². The van der Waals surface area contributed by atoms with Crippen LogP contribution in [0.25, 0.3) is 0 Å². The Morgan fingerprint density at radius 2 is 1.94 bits per heavy atom. The van der Waals surface area contributed by atoms with Gasteiger partial charge >= 0.3 is 5.97 Å². The van der Waals surface area contributed by atoms with Crippen molar-refractivity contribution in [2.45, 2.75) is 6.42 Å². The number of nitro groups is 1. The van der Waals surface area contributed by atoms with Gasteiger partial charge in [-0.25, -0.2) is 0 Å². The molecule has 8 heteroatoms. The van der Waals surface area contributed by atoms with Crippen LogP contribution in [0.3, 0.4) is 0 Å². The van der Waals surface area contributed by atoms with Gasteiger partial charge in [0.2, 0.25) is 0 Å². The molecule has 1 aromatic carbocycles. The molecule has 1 rings (SSSR count). The van der Waals surface area contributed by atoms with Gasteiger partial charge in [-0.2, -0.15) is 0 Å². The van der Waals surface area contributed by atoms with Gasteiger partial charge in [-0.3, -0.25) is 14.9 Å². The number of rotatable bonds is 3. The highest BCUT2D eigenvalue weighted by molar-refractivity contribution is 6.44. The van der Waals surface area contributed by atoms with Gasteiger partial charge < -0.3 is 5.11 Å². The van der Waals surface area contributed by atoms with Crippen molar-refractivity contribution < 1.29 is 14.8 Å². The molecular weight excluding hydrogens is 280 g/mol. The summed E-state index contributed by atoms with van der Waals surface area (Å²) in [6.07, 6.45) is -0.616. The Bertz CT molecular complexity index is 475. The van der Waals surface area contributed by atoms with E-state index in [1.165, 1.54) is 0 Å². The fraction of sp³-hybridized carbons (Fsp3) is 0.125. The topological polar surface area (TPSA) is 80.4 Å². The summed E-state index contributed by atoms with van der Waals surface area (Å²) in [5.74, 6) is -1.26. The quantitative estimate of drug-likeness (QED) is 0.525. The van der Waals surface area contributed by atoms with Crippen LogP contribution in [0.4, 0.5) is 5.69 Å². The highest BCUT2D eigenvalue weighted by atomic mass is 35.5. The maximum atomic E-state index is 10.7. The Labute approximate surface area is 105 Å². The molecule has 1 N–H and O–H groups in total.